The van der Waals surface area contributed by atoms with Crippen molar-refractivity contribution < 1.29 is 4.92 Å². The molecule has 0 unspecified atom stereocenters. The largest absolute Gasteiger partial charge is 0.314 e. The third-order valence-corrected chi connectivity index (χ3v) is 3.01. The number of rotatable bonds is 5. The summed E-state index contributed by atoms with van der Waals surface area (Å²) in [5.41, 5.74) is 2.69. The Balaban J connectivity index is 2.29. The summed E-state index contributed by atoms with van der Waals surface area (Å²) in [5, 5.41) is 22.0. The number of nitrogens with zero attached hydrogens (tertiary/aromatic N) is 5. The van der Waals surface area contributed by atoms with Crippen LogP contribution in [-0.4, -0.2) is 31.9 Å². The number of hydrogen-bond acceptors (Lipinski definition) is 6. The van der Waals surface area contributed by atoms with Crippen LogP contribution in [0, 0.1) is 24.0 Å². The first-order valence-electron chi connectivity index (χ1n) is 6.16. The monoisotopic (exact) mass is 276 g/mol. The van der Waals surface area contributed by atoms with E-state index in [4.69, 9.17) is 0 Å². The number of hydrogen-bond donors (Lipinski definition) is 1. The molecule has 0 saturated carbocycles. The maximum atomic E-state index is 11.1. The van der Waals surface area contributed by atoms with Gasteiger partial charge in [-0.05, 0) is 20.9 Å². The molecule has 2 aromatic heterocycles. The molecule has 0 amide bonds. The van der Waals surface area contributed by atoms with Crippen molar-refractivity contribution in [3.63, 3.8) is 0 Å². The van der Waals surface area contributed by atoms with E-state index in [1.54, 1.807) is 24.7 Å². The molecule has 0 atom stereocenters. The van der Waals surface area contributed by atoms with Gasteiger partial charge in [-0.1, -0.05) is 5.21 Å². The minimum atomic E-state index is -0.371. The Labute approximate surface area is 116 Å². The zero-order chi connectivity index (χ0) is 14.7. The normalized spacial score (nSPS) is 10.8. The predicted octanol–water partition coefficient (Wildman–Crippen LogP) is 0.966. The molecule has 0 aliphatic carbocycles. The van der Waals surface area contributed by atoms with Gasteiger partial charge >= 0.3 is 0 Å². The van der Waals surface area contributed by atoms with Gasteiger partial charge < -0.3 is 5.32 Å². The van der Waals surface area contributed by atoms with Gasteiger partial charge in [0.25, 0.3) is 5.69 Å². The molecule has 2 heterocycles. The highest BCUT2D eigenvalue weighted by Gasteiger charge is 2.19. The second kappa shape index (κ2) is 5.74. The lowest BCUT2D eigenvalue weighted by Gasteiger charge is -2.07. The molecule has 20 heavy (non-hydrogen) atoms. The summed E-state index contributed by atoms with van der Waals surface area (Å²) in [6, 6.07) is 0. The molecule has 1 N–H and O–H groups in total. The third kappa shape index (κ3) is 2.80. The number of nitro groups is 1. The van der Waals surface area contributed by atoms with Crippen molar-refractivity contribution in [2.24, 2.45) is 0 Å². The van der Waals surface area contributed by atoms with E-state index in [-0.39, 0.29) is 10.6 Å². The summed E-state index contributed by atoms with van der Waals surface area (Å²) in [4.78, 5) is 15.0. The fourth-order valence-corrected chi connectivity index (χ4v) is 2.04. The molecule has 8 nitrogen and oxygen atoms in total. The summed E-state index contributed by atoms with van der Waals surface area (Å²) in [6.07, 6.45) is 3.31. The van der Waals surface area contributed by atoms with Gasteiger partial charge in [-0.15, -0.1) is 5.10 Å². The lowest BCUT2D eigenvalue weighted by Crippen LogP contribution is -2.08. The van der Waals surface area contributed by atoms with E-state index in [9.17, 15) is 10.1 Å². The summed E-state index contributed by atoms with van der Waals surface area (Å²) < 4.78 is 1.63. The number of nitrogens with one attached hydrogen (secondary N) is 1. The van der Waals surface area contributed by atoms with E-state index in [2.05, 4.69) is 20.6 Å². The van der Waals surface area contributed by atoms with Crippen molar-refractivity contribution in [1.29, 1.82) is 0 Å². The van der Waals surface area contributed by atoms with Gasteiger partial charge in [-0.3, -0.25) is 15.1 Å². The average molecular weight is 276 g/mol. The molecule has 0 aliphatic heterocycles. The minimum Gasteiger partial charge on any atom is -0.314 e. The number of pyridine rings is 1. The first-order chi connectivity index (χ1) is 9.52. The van der Waals surface area contributed by atoms with Gasteiger partial charge in [0.2, 0.25) is 0 Å². The van der Waals surface area contributed by atoms with E-state index in [1.165, 1.54) is 6.20 Å². The summed E-state index contributed by atoms with van der Waals surface area (Å²) in [7, 11) is 1.83. The van der Waals surface area contributed by atoms with Gasteiger partial charge in [0.05, 0.1) is 34.6 Å². The molecule has 0 bridgehead atoms. The fraction of sp³-hybridized carbons (Fsp3) is 0.417. The molecular weight excluding hydrogens is 260 g/mol. The predicted molar refractivity (Wildman–Crippen MR) is 72.3 cm³/mol. The lowest BCUT2D eigenvalue weighted by atomic mass is 10.1. The molecular formula is C12H16N6O2. The van der Waals surface area contributed by atoms with Crippen LogP contribution in [-0.2, 0) is 13.1 Å². The highest BCUT2D eigenvalue weighted by molar-refractivity contribution is 5.47. The number of aromatic nitrogens is 4. The van der Waals surface area contributed by atoms with Gasteiger partial charge in [-0.25, -0.2) is 4.68 Å². The average Bonchev–Trinajstić information content (AvgIpc) is 2.81. The molecule has 0 spiro atoms. The maximum Gasteiger partial charge on any atom is 0.278 e. The van der Waals surface area contributed by atoms with E-state index < -0.39 is 0 Å². The molecule has 2 rings (SSSR count). The van der Waals surface area contributed by atoms with Gasteiger partial charge in [0.1, 0.15) is 0 Å². The lowest BCUT2D eigenvalue weighted by molar-refractivity contribution is -0.386. The first kappa shape index (κ1) is 14.1. The smallest absolute Gasteiger partial charge is 0.278 e. The maximum absolute atomic E-state index is 11.1. The van der Waals surface area contributed by atoms with Gasteiger partial charge in [0.15, 0.2) is 0 Å². The van der Waals surface area contributed by atoms with Crippen molar-refractivity contribution in [1.82, 2.24) is 25.3 Å². The molecule has 106 valence electrons. The fourth-order valence-electron chi connectivity index (χ4n) is 2.04. The second-order valence-corrected chi connectivity index (χ2v) is 4.56. The topological polar surface area (TPSA) is 98.8 Å². The van der Waals surface area contributed by atoms with Crippen molar-refractivity contribution in [2.75, 3.05) is 7.05 Å². The van der Waals surface area contributed by atoms with Gasteiger partial charge in [-0.2, -0.15) is 0 Å². The molecule has 2 aromatic rings. The Bertz CT molecular complexity index is 637. The van der Waals surface area contributed by atoms with Crippen molar-refractivity contribution in [3.8, 4) is 0 Å². The zero-order valence-electron chi connectivity index (χ0n) is 11.6. The van der Waals surface area contributed by atoms with Crippen molar-refractivity contribution in [3.05, 3.63) is 45.0 Å². The van der Waals surface area contributed by atoms with Crippen molar-refractivity contribution in [2.45, 2.75) is 26.9 Å². The quantitative estimate of drug-likeness (QED) is 0.645. The summed E-state index contributed by atoms with van der Waals surface area (Å²) in [5.74, 6) is 0. The highest BCUT2D eigenvalue weighted by atomic mass is 16.6. The van der Waals surface area contributed by atoms with Crippen LogP contribution in [0.2, 0.25) is 0 Å². The van der Waals surface area contributed by atoms with Crippen LogP contribution in [0.25, 0.3) is 0 Å². The van der Waals surface area contributed by atoms with Crippen LogP contribution < -0.4 is 5.32 Å². The van der Waals surface area contributed by atoms with Crippen LogP contribution in [0.3, 0.4) is 0 Å². The van der Waals surface area contributed by atoms with Gasteiger partial charge in [0, 0.05) is 18.3 Å². The van der Waals surface area contributed by atoms with Crippen LogP contribution in [0.1, 0.15) is 22.5 Å². The van der Waals surface area contributed by atoms with E-state index in [0.717, 1.165) is 5.69 Å². The standard InChI is InChI=1S/C12H16N6O2/c1-8-4-14-11(9(2)12(8)18(19)20)7-17-6-10(5-13-3)15-16-17/h4,6,13H,5,7H2,1-3H3. The Morgan fingerprint density at radius 2 is 2.20 bits per heavy atom. The molecule has 0 radical (unpaired) electrons. The van der Waals surface area contributed by atoms with Crippen LogP contribution in [0.5, 0.6) is 0 Å². The second-order valence-electron chi connectivity index (χ2n) is 4.56. The Hall–Kier alpha value is -2.35. The SMILES string of the molecule is CNCc1cn(Cc2ncc(C)c([N+](=O)[O-])c2C)nn1. The minimum absolute atomic E-state index is 0.116. The van der Waals surface area contributed by atoms with Crippen LogP contribution >= 0.6 is 0 Å². The molecule has 0 aliphatic rings. The Morgan fingerprint density at radius 1 is 1.45 bits per heavy atom. The molecule has 8 heteroatoms. The van der Waals surface area contributed by atoms with E-state index in [0.29, 0.717) is 29.9 Å². The third-order valence-electron chi connectivity index (χ3n) is 3.01. The Morgan fingerprint density at radius 3 is 2.85 bits per heavy atom. The molecule has 0 aromatic carbocycles. The molecule has 0 saturated heterocycles. The highest BCUT2D eigenvalue weighted by Crippen LogP contribution is 2.24. The number of aryl methyl sites for hydroxylation is 1. The van der Waals surface area contributed by atoms with Crippen LogP contribution in [0.4, 0.5) is 5.69 Å². The van der Waals surface area contributed by atoms with Crippen molar-refractivity contribution >= 4 is 5.69 Å². The summed E-state index contributed by atoms with van der Waals surface area (Å²) in [6.45, 7) is 4.38. The summed E-state index contributed by atoms with van der Waals surface area (Å²) >= 11 is 0. The zero-order valence-corrected chi connectivity index (χ0v) is 11.6. The van der Waals surface area contributed by atoms with Crippen LogP contribution in [0.15, 0.2) is 12.4 Å². The van der Waals surface area contributed by atoms with E-state index in [1.807, 2.05) is 7.05 Å². The first-order valence-corrected chi connectivity index (χ1v) is 6.16. The Kier molecular flexibility index (Phi) is 4.04. The molecule has 0 fully saturated rings. The van der Waals surface area contributed by atoms with E-state index >= 15 is 0 Å².